The van der Waals surface area contributed by atoms with Crippen molar-refractivity contribution in [2.24, 2.45) is 0 Å². The molecule has 2 aromatic heterocycles. The zero-order valence-corrected chi connectivity index (χ0v) is 22.2. The highest BCUT2D eigenvalue weighted by Gasteiger charge is 2.54. The van der Waals surface area contributed by atoms with Crippen LogP contribution < -0.4 is 10.6 Å². The number of nitrogens with one attached hydrogen (secondary N) is 2. The summed E-state index contributed by atoms with van der Waals surface area (Å²) in [4.78, 5) is 30.5. The van der Waals surface area contributed by atoms with Crippen LogP contribution in [0.25, 0.3) is 5.82 Å². The molecular weight excluding hydrogens is 561 g/mol. The maximum atomic E-state index is 13.5. The van der Waals surface area contributed by atoms with Gasteiger partial charge in [0, 0.05) is 12.3 Å². The second-order valence-electron chi connectivity index (χ2n) is 9.33. The summed E-state index contributed by atoms with van der Waals surface area (Å²) in [7, 11) is -3.42. The number of halogens is 4. The molecule has 1 aliphatic heterocycles. The number of nitriles is 1. The molecule has 2 N–H and O–H groups in total. The van der Waals surface area contributed by atoms with E-state index in [4.69, 9.17) is 11.6 Å². The number of benzene rings is 1. The minimum atomic E-state index is -4.90. The lowest BCUT2D eigenvalue weighted by Gasteiger charge is -2.43. The van der Waals surface area contributed by atoms with E-state index in [0.717, 1.165) is 0 Å². The van der Waals surface area contributed by atoms with Gasteiger partial charge in [-0.3, -0.25) is 9.59 Å². The number of aromatic nitrogens is 3. The number of anilines is 1. The van der Waals surface area contributed by atoms with Crippen molar-refractivity contribution in [1.29, 1.82) is 5.26 Å². The van der Waals surface area contributed by atoms with E-state index < -0.39 is 50.0 Å². The molecule has 0 spiro atoms. The Morgan fingerprint density at radius 2 is 1.92 bits per heavy atom. The highest BCUT2D eigenvalue weighted by atomic mass is 35.5. The van der Waals surface area contributed by atoms with Crippen LogP contribution >= 0.6 is 11.6 Å². The van der Waals surface area contributed by atoms with Gasteiger partial charge in [0.15, 0.2) is 21.3 Å². The van der Waals surface area contributed by atoms with Gasteiger partial charge in [0.1, 0.15) is 5.69 Å². The van der Waals surface area contributed by atoms with Crippen LogP contribution in [0, 0.1) is 18.3 Å². The molecule has 3 aromatic rings. The second-order valence-corrected chi connectivity index (χ2v) is 12.3. The third kappa shape index (κ3) is 5.07. The number of hydrogen-bond acceptors (Lipinski definition) is 7. The predicted octanol–water partition coefficient (Wildman–Crippen LogP) is 3.68. The van der Waals surface area contributed by atoms with Gasteiger partial charge < -0.3 is 10.6 Å². The zero-order chi connectivity index (χ0) is 28.9. The van der Waals surface area contributed by atoms with Crippen molar-refractivity contribution in [1.82, 2.24) is 20.1 Å². The number of sulfone groups is 1. The van der Waals surface area contributed by atoms with Gasteiger partial charge in [0.25, 0.3) is 11.8 Å². The molecular formula is C24H20ClF3N6O4S. The summed E-state index contributed by atoms with van der Waals surface area (Å²) in [6.45, 7) is 4.40. The molecule has 3 heterocycles. The molecule has 1 saturated heterocycles. The first-order valence-electron chi connectivity index (χ1n) is 11.2. The quantitative estimate of drug-likeness (QED) is 0.468. The lowest BCUT2D eigenvalue weighted by Crippen LogP contribution is -2.66. The minimum absolute atomic E-state index is 0.0702. The number of alkyl halides is 3. The molecule has 15 heteroatoms. The number of hydrogen-bond donors (Lipinski definition) is 2. The number of rotatable bonds is 5. The molecule has 4 rings (SSSR count). The molecule has 1 aromatic carbocycles. The third-order valence-electron chi connectivity index (χ3n) is 6.45. The summed E-state index contributed by atoms with van der Waals surface area (Å²) < 4.78 is 64.1. The van der Waals surface area contributed by atoms with Crippen LogP contribution in [0.1, 0.15) is 51.5 Å². The largest absolute Gasteiger partial charge is 0.435 e. The van der Waals surface area contributed by atoms with Crippen LogP contribution in [-0.2, 0) is 16.0 Å². The smallest absolute Gasteiger partial charge is 0.347 e. The topological polar surface area (TPSA) is 147 Å². The Balaban J connectivity index is 1.75. The maximum absolute atomic E-state index is 13.5. The fourth-order valence-electron chi connectivity index (χ4n) is 3.95. The maximum Gasteiger partial charge on any atom is 0.435 e. The van der Waals surface area contributed by atoms with Gasteiger partial charge in [-0.25, -0.2) is 18.1 Å². The first-order valence-corrected chi connectivity index (χ1v) is 13.3. The fourth-order valence-corrected chi connectivity index (χ4v) is 5.80. The molecule has 204 valence electrons. The van der Waals surface area contributed by atoms with E-state index >= 15 is 0 Å². The zero-order valence-electron chi connectivity index (χ0n) is 20.6. The van der Waals surface area contributed by atoms with Crippen LogP contribution in [0.3, 0.4) is 0 Å². The van der Waals surface area contributed by atoms with Crippen molar-refractivity contribution >= 4 is 38.9 Å². The first-order chi connectivity index (χ1) is 18.1. The Morgan fingerprint density at radius 1 is 1.23 bits per heavy atom. The number of carbonyl (C=O) groups excluding carboxylic acids is 2. The van der Waals surface area contributed by atoms with Crippen molar-refractivity contribution < 1.29 is 31.2 Å². The third-order valence-corrected chi connectivity index (χ3v) is 9.41. The standard InChI is InChI=1S/C24H20ClF3N6O4S/c1-12-7-13(10-29)8-14(21(35)31-18-11-39(37,38)23(18,2)3)19(12)32-22(36)16-9-17(24(26,27)28)33-34(16)20-15(25)5-4-6-30-20/h4-9,18H,11H2,1-3H3,(H,31,35)(H,32,36). The molecule has 1 atom stereocenters. The molecule has 39 heavy (non-hydrogen) atoms. The summed E-state index contributed by atoms with van der Waals surface area (Å²) in [5, 5.41) is 17.8. The van der Waals surface area contributed by atoms with E-state index in [9.17, 15) is 36.4 Å². The molecule has 0 aliphatic carbocycles. The van der Waals surface area contributed by atoms with Gasteiger partial charge >= 0.3 is 6.18 Å². The molecule has 0 saturated carbocycles. The van der Waals surface area contributed by atoms with Crippen LogP contribution in [-0.4, -0.2) is 51.5 Å². The van der Waals surface area contributed by atoms with Gasteiger partial charge in [-0.2, -0.15) is 23.5 Å². The number of pyridine rings is 1. The molecule has 1 unspecified atom stereocenters. The van der Waals surface area contributed by atoms with Gasteiger partial charge in [0.05, 0.1) is 44.4 Å². The molecule has 0 bridgehead atoms. The molecule has 10 nitrogen and oxygen atoms in total. The van der Waals surface area contributed by atoms with E-state index in [1.54, 1.807) is 0 Å². The van der Waals surface area contributed by atoms with Crippen LogP contribution in [0.2, 0.25) is 5.02 Å². The van der Waals surface area contributed by atoms with Gasteiger partial charge in [-0.05, 0) is 50.6 Å². The van der Waals surface area contributed by atoms with E-state index in [1.807, 2.05) is 6.07 Å². The van der Waals surface area contributed by atoms with Crippen LogP contribution in [0.15, 0.2) is 36.5 Å². The molecule has 0 radical (unpaired) electrons. The first kappa shape index (κ1) is 28.1. The summed E-state index contributed by atoms with van der Waals surface area (Å²) in [5.74, 6) is -2.39. The van der Waals surface area contributed by atoms with Gasteiger partial charge in [0.2, 0.25) is 0 Å². The van der Waals surface area contributed by atoms with Crippen molar-refractivity contribution in [3.05, 3.63) is 69.6 Å². The Bertz CT molecular complexity index is 1660. The monoisotopic (exact) mass is 580 g/mol. The number of aryl methyl sites for hydroxylation is 1. The SMILES string of the molecule is Cc1cc(C#N)cc(C(=O)NC2CS(=O)(=O)C2(C)C)c1NC(=O)c1cc(C(F)(F)F)nn1-c1ncccc1Cl. The normalized spacial score (nSPS) is 17.5. The lowest BCUT2D eigenvalue weighted by molar-refractivity contribution is -0.141. The van der Waals surface area contributed by atoms with Crippen molar-refractivity contribution in [2.45, 2.75) is 37.7 Å². The predicted molar refractivity (Wildman–Crippen MR) is 134 cm³/mol. The van der Waals surface area contributed by atoms with Crippen molar-refractivity contribution in [2.75, 3.05) is 11.1 Å². The highest BCUT2D eigenvalue weighted by molar-refractivity contribution is 7.94. The van der Waals surface area contributed by atoms with Crippen molar-refractivity contribution in [3.63, 3.8) is 0 Å². The summed E-state index contributed by atoms with van der Waals surface area (Å²) in [6, 6.07) is 7.02. The minimum Gasteiger partial charge on any atom is -0.347 e. The Kier molecular flexibility index (Phi) is 6.95. The molecule has 1 aliphatic rings. The van der Waals surface area contributed by atoms with Gasteiger partial charge in [-0.15, -0.1) is 0 Å². The summed E-state index contributed by atoms with van der Waals surface area (Å²) in [6.07, 6.45) is -3.64. The Hall–Kier alpha value is -3.96. The van der Waals surface area contributed by atoms with Crippen molar-refractivity contribution in [3.8, 4) is 11.9 Å². The lowest BCUT2D eigenvalue weighted by atomic mass is 10.00. The van der Waals surface area contributed by atoms with Crippen LogP contribution in [0.4, 0.5) is 18.9 Å². The molecule has 2 amide bonds. The second kappa shape index (κ2) is 9.65. The summed E-state index contributed by atoms with van der Waals surface area (Å²) >= 11 is 6.09. The average Bonchev–Trinajstić information content (AvgIpc) is 3.31. The van der Waals surface area contributed by atoms with Gasteiger partial charge in [-0.1, -0.05) is 11.6 Å². The van der Waals surface area contributed by atoms with E-state index in [2.05, 4.69) is 20.7 Å². The summed E-state index contributed by atoms with van der Waals surface area (Å²) in [5.41, 5.74) is -1.91. The van der Waals surface area contributed by atoms with E-state index in [1.165, 1.54) is 51.2 Å². The fraction of sp³-hybridized carbons (Fsp3) is 0.292. The number of amides is 2. The Morgan fingerprint density at radius 3 is 2.49 bits per heavy atom. The number of carbonyl (C=O) groups is 2. The molecule has 1 fully saturated rings. The van der Waals surface area contributed by atoms with E-state index in [-0.39, 0.29) is 39.0 Å². The average molecular weight is 581 g/mol. The Labute approximate surface area is 225 Å². The number of nitrogens with zero attached hydrogens (tertiary/aromatic N) is 4. The van der Waals surface area contributed by atoms with E-state index in [0.29, 0.717) is 10.7 Å². The van der Waals surface area contributed by atoms with Crippen LogP contribution in [0.5, 0.6) is 0 Å². The highest BCUT2D eigenvalue weighted by Crippen LogP contribution is 2.35.